The molecular formula is C18H20. The van der Waals surface area contributed by atoms with Gasteiger partial charge in [-0.3, -0.25) is 0 Å². The summed E-state index contributed by atoms with van der Waals surface area (Å²) in [5.74, 6) is 0. The number of allylic oxidation sites excluding steroid dienone is 1. The smallest absolute Gasteiger partial charge is 0.0257 e. The highest BCUT2D eigenvalue weighted by molar-refractivity contribution is 5.51. The summed E-state index contributed by atoms with van der Waals surface area (Å²) in [4.78, 5) is 0. The average Bonchev–Trinajstić information content (AvgIpc) is 2.41. The topological polar surface area (TPSA) is 0 Å². The molecule has 0 amide bonds. The lowest BCUT2D eigenvalue weighted by Crippen LogP contribution is -1.69. The van der Waals surface area contributed by atoms with Crippen molar-refractivity contribution in [2.24, 2.45) is 0 Å². The number of hydrogen-bond donors (Lipinski definition) is 0. The summed E-state index contributed by atoms with van der Waals surface area (Å²) in [5, 5.41) is 0. The Bertz CT molecular complexity index is 474. The van der Waals surface area contributed by atoms with Crippen LogP contribution in [0.25, 0.3) is 12.2 Å². The monoisotopic (exact) mass is 236 g/mol. The van der Waals surface area contributed by atoms with E-state index < -0.39 is 0 Å². The third-order valence-corrected chi connectivity index (χ3v) is 2.29. The van der Waals surface area contributed by atoms with Gasteiger partial charge >= 0.3 is 0 Å². The van der Waals surface area contributed by atoms with Gasteiger partial charge in [0.05, 0.1) is 0 Å². The fourth-order valence-corrected chi connectivity index (χ4v) is 1.47. The summed E-state index contributed by atoms with van der Waals surface area (Å²) >= 11 is 0. The molecule has 0 heteroatoms. The minimum Gasteiger partial charge on any atom is -0.0985 e. The van der Waals surface area contributed by atoms with Crippen molar-refractivity contribution in [1.82, 2.24) is 0 Å². The summed E-state index contributed by atoms with van der Waals surface area (Å²) in [7, 11) is 0. The molecule has 18 heavy (non-hydrogen) atoms. The first-order chi connectivity index (χ1) is 8.72. The molecule has 2 aromatic carbocycles. The maximum absolute atomic E-state index is 3.63. The maximum atomic E-state index is 3.63. The standard InChI is InChI=1S/C10H12.C8H8/c1-9(2)8-10-6-4-3-5-7-10;1-2-8-6-4-3-5-7-8/h3-8H,1-2H3;2-7H,1H2. The second-order valence-corrected chi connectivity index (χ2v) is 4.25. The van der Waals surface area contributed by atoms with E-state index in [2.05, 4.69) is 50.8 Å². The average molecular weight is 236 g/mol. The molecule has 2 aromatic rings. The fourth-order valence-electron chi connectivity index (χ4n) is 1.47. The first-order valence-corrected chi connectivity index (χ1v) is 6.10. The zero-order valence-electron chi connectivity index (χ0n) is 11.1. The third kappa shape index (κ3) is 5.86. The van der Waals surface area contributed by atoms with E-state index in [1.54, 1.807) is 0 Å². The van der Waals surface area contributed by atoms with Crippen molar-refractivity contribution in [3.8, 4) is 0 Å². The first-order valence-electron chi connectivity index (χ1n) is 6.10. The first kappa shape index (κ1) is 14.0. The van der Waals surface area contributed by atoms with Gasteiger partial charge in [-0.05, 0) is 25.0 Å². The van der Waals surface area contributed by atoms with Crippen LogP contribution in [0.2, 0.25) is 0 Å². The van der Waals surface area contributed by atoms with E-state index in [1.165, 1.54) is 16.7 Å². The van der Waals surface area contributed by atoms with Gasteiger partial charge in [-0.25, -0.2) is 0 Å². The van der Waals surface area contributed by atoms with Crippen LogP contribution < -0.4 is 0 Å². The van der Waals surface area contributed by atoms with Crippen molar-refractivity contribution in [1.29, 1.82) is 0 Å². The molecular weight excluding hydrogens is 216 g/mol. The zero-order valence-corrected chi connectivity index (χ0v) is 11.1. The second kappa shape index (κ2) is 8.08. The molecule has 0 unspecified atom stereocenters. The van der Waals surface area contributed by atoms with Gasteiger partial charge < -0.3 is 0 Å². The summed E-state index contributed by atoms with van der Waals surface area (Å²) in [6.07, 6.45) is 4.00. The van der Waals surface area contributed by atoms with E-state index in [0.29, 0.717) is 0 Å². The van der Waals surface area contributed by atoms with Gasteiger partial charge in [-0.15, -0.1) is 0 Å². The maximum Gasteiger partial charge on any atom is -0.0257 e. The van der Waals surface area contributed by atoms with Crippen LogP contribution in [0.5, 0.6) is 0 Å². The van der Waals surface area contributed by atoms with Crippen LogP contribution in [0.15, 0.2) is 72.8 Å². The molecule has 0 heterocycles. The predicted octanol–water partition coefficient (Wildman–Crippen LogP) is 5.44. The van der Waals surface area contributed by atoms with Gasteiger partial charge in [0.25, 0.3) is 0 Å². The summed E-state index contributed by atoms with van der Waals surface area (Å²) in [6, 6.07) is 20.4. The second-order valence-electron chi connectivity index (χ2n) is 4.25. The van der Waals surface area contributed by atoms with Crippen LogP contribution in [-0.2, 0) is 0 Å². The molecule has 0 spiro atoms. The van der Waals surface area contributed by atoms with E-state index in [9.17, 15) is 0 Å². The van der Waals surface area contributed by atoms with Gasteiger partial charge in [0.2, 0.25) is 0 Å². The Labute approximate surface area is 110 Å². The molecule has 0 fully saturated rings. The van der Waals surface area contributed by atoms with Crippen molar-refractivity contribution >= 4 is 12.2 Å². The van der Waals surface area contributed by atoms with Crippen molar-refractivity contribution in [2.45, 2.75) is 13.8 Å². The Hall–Kier alpha value is -2.08. The summed E-state index contributed by atoms with van der Waals surface area (Å²) in [5.41, 5.74) is 3.79. The van der Waals surface area contributed by atoms with Crippen molar-refractivity contribution in [2.75, 3.05) is 0 Å². The highest BCUT2D eigenvalue weighted by atomic mass is 13.9. The van der Waals surface area contributed by atoms with Crippen molar-refractivity contribution in [3.63, 3.8) is 0 Å². The quantitative estimate of drug-likeness (QED) is 0.651. The molecule has 0 nitrogen and oxygen atoms in total. The molecule has 0 aliphatic rings. The molecule has 0 aliphatic heterocycles. The summed E-state index contributed by atoms with van der Waals surface area (Å²) < 4.78 is 0. The molecule has 0 atom stereocenters. The molecule has 0 aliphatic carbocycles. The van der Waals surface area contributed by atoms with E-state index in [4.69, 9.17) is 0 Å². The predicted molar refractivity (Wildman–Crippen MR) is 82.3 cm³/mol. The van der Waals surface area contributed by atoms with Crippen LogP contribution in [0.1, 0.15) is 25.0 Å². The van der Waals surface area contributed by atoms with Gasteiger partial charge in [0.1, 0.15) is 0 Å². The minimum absolute atomic E-state index is 1.17. The lowest BCUT2D eigenvalue weighted by Gasteiger charge is -1.91. The normalized spacial score (nSPS) is 8.78. The Morgan fingerprint density at radius 1 is 0.778 bits per heavy atom. The number of hydrogen-bond acceptors (Lipinski definition) is 0. The lowest BCUT2D eigenvalue weighted by atomic mass is 10.2. The highest BCUT2D eigenvalue weighted by Crippen LogP contribution is 2.04. The highest BCUT2D eigenvalue weighted by Gasteiger charge is 1.82. The molecule has 92 valence electrons. The van der Waals surface area contributed by atoms with E-state index in [0.717, 1.165) is 0 Å². The fraction of sp³-hybridized carbons (Fsp3) is 0.111. The van der Waals surface area contributed by atoms with Crippen LogP contribution >= 0.6 is 0 Å². The SMILES string of the molecule is C=Cc1ccccc1.CC(C)=Cc1ccccc1. The van der Waals surface area contributed by atoms with Gasteiger partial charge in [-0.2, -0.15) is 0 Å². The number of benzene rings is 2. The Balaban J connectivity index is 0.000000184. The lowest BCUT2D eigenvalue weighted by molar-refractivity contribution is 1.42. The van der Waals surface area contributed by atoms with Gasteiger partial charge in [-0.1, -0.05) is 85.0 Å². The van der Waals surface area contributed by atoms with Crippen LogP contribution in [-0.4, -0.2) is 0 Å². The Morgan fingerprint density at radius 2 is 1.22 bits per heavy atom. The van der Waals surface area contributed by atoms with Gasteiger partial charge in [0, 0.05) is 0 Å². The Morgan fingerprint density at radius 3 is 1.56 bits per heavy atom. The van der Waals surface area contributed by atoms with Crippen molar-refractivity contribution < 1.29 is 0 Å². The molecule has 0 saturated carbocycles. The van der Waals surface area contributed by atoms with Crippen LogP contribution in [0, 0.1) is 0 Å². The molecule has 0 radical (unpaired) electrons. The van der Waals surface area contributed by atoms with E-state index in [-0.39, 0.29) is 0 Å². The van der Waals surface area contributed by atoms with Crippen LogP contribution in [0.3, 0.4) is 0 Å². The van der Waals surface area contributed by atoms with E-state index in [1.807, 2.05) is 42.5 Å². The minimum atomic E-state index is 1.17. The number of rotatable bonds is 2. The van der Waals surface area contributed by atoms with E-state index >= 15 is 0 Å². The molecule has 0 saturated heterocycles. The zero-order chi connectivity index (χ0) is 13.2. The van der Waals surface area contributed by atoms with Gasteiger partial charge in [0.15, 0.2) is 0 Å². The summed E-state index contributed by atoms with van der Waals surface area (Å²) in [6.45, 7) is 7.84. The molecule has 0 aromatic heterocycles. The molecule has 0 N–H and O–H groups in total. The Kier molecular flexibility index (Phi) is 6.27. The molecule has 2 rings (SSSR count). The third-order valence-electron chi connectivity index (χ3n) is 2.29. The van der Waals surface area contributed by atoms with Crippen molar-refractivity contribution in [3.05, 3.63) is 83.9 Å². The largest absolute Gasteiger partial charge is 0.0985 e. The molecule has 0 bridgehead atoms. The van der Waals surface area contributed by atoms with Crippen LogP contribution in [0.4, 0.5) is 0 Å².